The summed E-state index contributed by atoms with van der Waals surface area (Å²) < 4.78 is 6.25. The number of hydrogen-bond acceptors (Lipinski definition) is 6. The highest BCUT2D eigenvalue weighted by atomic mass is 16.5. The number of hydrogen-bond donors (Lipinski definition) is 0. The van der Waals surface area contributed by atoms with E-state index >= 15 is 0 Å². The summed E-state index contributed by atoms with van der Waals surface area (Å²) in [7, 11) is 0. The lowest BCUT2D eigenvalue weighted by Crippen LogP contribution is -2.22. The Balaban J connectivity index is 2.47. The molecule has 3 aromatic rings. The summed E-state index contributed by atoms with van der Waals surface area (Å²) in [5, 5.41) is 4.76. The summed E-state index contributed by atoms with van der Waals surface area (Å²) in [6.45, 7) is 3.46. The summed E-state index contributed by atoms with van der Waals surface area (Å²) in [4.78, 5) is 32.1. The van der Waals surface area contributed by atoms with E-state index in [-0.39, 0.29) is 18.1 Å². The van der Waals surface area contributed by atoms with Gasteiger partial charge in [-0.05, 0) is 26.0 Å². The van der Waals surface area contributed by atoms with Crippen molar-refractivity contribution in [3.8, 4) is 0 Å². The highest BCUT2D eigenvalue weighted by Crippen LogP contribution is 2.17. The molecule has 0 radical (unpaired) electrons. The van der Waals surface area contributed by atoms with Gasteiger partial charge < -0.3 is 4.74 Å². The molecule has 0 aliphatic heterocycles. The Hall–Kier alpha value is -2.83. The molecule has 0 bridgehead atoms. The zero-order chi connectivity index (χ0) is 15.0. The van der Waals surface area contributed by atoms with Crippen molar-refractivity contribution in [3.63, 3.8) is 0 Å². The molecule has 0 unspecified atom stereocenters. The van der Waals surface area contributed by atoms with Crippen molar-refractivity contribution in [1.29, 1.82) is 0 Å². The second kappa shape index (κ2) is 4.93. The van der Waals surface area contributed by atoms with E-state index in [0.717, 1.165) is 0 Å². The Morgan fingerprint density at radius 2 is 2.05 bits per heavy atom. The highest BCUT2D eigenvalue weighted by molar-refractivity contribution is 5.95. The van der Waals surface area contributed by atoms with E-state index in [0.29, 0.717) is 16.6 Å². The number of aryl methyl sites for hydroxylation is 1. The first kappa shape index (κ1) is 13.2. The molecule has 0 fully saturated rings. The molecule has 3 rings (SSSR count). The van der Waals surface area contributed by atoms with Crippen LogP contribution in [0.5, 0.6) is 0 Å². The van der Waals surface area contributed by atoms with Crippen molar-refractivity contribution < 1.29 is 9.53 Å². The van der Waals surface area contributed by atoms with E-state index in [1.165, 1.54) is 11.4 Å². The number of benzene rings is 1. The van der Waals surface area contributed by atoms with Gasteiger partial charge in [0.1, 0.15) is 5.69 Å². The predicted molar refractivity (Wildman–Crippen MR) is 75.3 cm³/mol. The number of nitrogens with zero attached hydrogens (tertiary/aromatic N) is 4. The Bertz CT molecular complexity index is 917. The van der Waals surface area contributed by atoms with Gasteiger partial charge in [-0.15, -0.1) is 0 Å². The molecule has 0 amide bonds. The highest BCUT2D eigenvalue weighted by Gasteiger charge is 2.18. The summed E-state index contributed by atoms with van der Waals surface area (Å²) in [6.07, 6.45) is 0. The molecular formula is C14H12N4O3. The smallest absolute Gasteiger partial charge is 0.376 e. The third-order valence-electron chi connectivity index (χ3n) is 3.00. The van der Waals surface area contributed by atoms with Crippen molar-refractivity contribution >= 4 is 22.5 Å². The first-order valence-electron chi connectivity index (χ1n) is 6.45. The molecule has 7 nitrogen and oxygen atoms in total. The molecule has 7 heteroatoms. The van der Waals surface area contributed by atoms with E-state index in [1.807, 2.05) is 0 Å². The average Bonchev–Trinajstić information content (AvgIpc) is 2.48. The van der Waals surface area contributed by atoms with Crippen LogP contribution >= 0.6 is 0 Å². The van der Waals surface area contributed by atoms with Gasteiger partial charge in [0, 0.05) is 5.39 Å². The topological polar surface area (TPSA) is 86.5 Å². The standard InChI is InChI=1S/C14H12N4O3/c1-3-21-14(20)12-15-10-7-5-4-6-9(10)11-16-13(19)8(2)17-18(11)12/h4-7H,3H2,1-2H3. The predicted octanol–water partition coefficient (Wildman–Crippen LogP) is 1.12. The normalized spacial score (nSPS) is 11.0. The average molecular weight is 284 g/mol. The summed E-state index contributed by atoms with van der Waals surface area (Å²) in [5.41, 5.74) is 0.605. The lowest BCUT2D eigenvalue weighted by molar-refractivity contribution is 0.0508. The second-order valence-electron chi connectivity index (χ2n) is 4.41. The van der Waals surface area contributed by atoms with Crippen LogP contribution in [0.25, 0.3) is 16.6 Å². The largest absolute Gasteiger partial charge is 0.460 e. The van der Waals surface area contributed by atoms with Crippen molar-refractivity contribution in [2.75, 3.05) is 6.61 Å². The van der Waals surface area contributed by atoms with E-state index < -0.39 is 11.5 Å². The van der Waals surface area contributed by atoms with Crippen LogP contribution in [0.3, 0.4) is 0 Å². The molecule has 0 atom stereocenters. The van der Waals surface area contributed by atoms with Crippen molar-refractivity contribution in [2.45, 2.75) is 13.8 Å². The van der Waals surface area contributed by atoms with Gasteiger partial charge >= 0.3 is 5.97 Å². The minimum Gasteiger partial charge on any atom is -0.460 e. The lowest BCUT2D eigenvalue weighted by Gasteiger charge is -2.09. The number of rotatable bonds is 2. The summed E-state index contributed by atoms with van der Waals surface area (Å²) >= 11 is 0. The van der Waals surface area contributed by atoms with Gasteiger partial charge in [0.25, 0.3) is 5.56 Å². The van der Waals surface area contributed by atoms with E-state index in [2.05, 4.69) is 15.1 Å². The second-order valence-corrected chi connectivity index (χ2v) is 4.41. The minimum atomic E-state index is -0.606. The van der Waals surface area contributed by atoms with Gasteiger partial charge in [0.15, 0.2) is 5.65 Å². The van der Waals surface area contributed by atoms with Gasteiger partial charge in [-0.3, -0.25) is 4.79 Å². The number of fused-ring (bicyclic) bond motifs is 3. The molecule has 0 spiro atoms. The zero-order valence-electron chi connectivity index (χ0n) is 11.5. The third kappa shape index (κ3) is 2.12. The van der Waals surface area contributed by atoms with Crippen molar-refractivity contribution in [3.05, 3.63) is 46.1 Å². The maximum atomic E-state index is 12.0. The fraction of sp³-hybridized carbons (Fsp3) is 0.214. The summed E-state index contributed by atoms with van der Waals surface area (Å²) in [5.74, 6) is -0.605. The fourth-order valence-corrected chi connectivity index (χ4v) is 2.04. The molecular weight excluding hydrogens is 272 g/mol. The maximum Gasteiger partial charge on any atom is 0.376 e. The Morgan fingerprint density at radius 3 is 2.81 bits per heavy atom. The zero-order valence-corrected chi connectivity index (χ0v) is 11.5. The van der Waals surface area contributed by atoms with E-state index in [4.69, 9.17) is 4.74 Å². The van der Waals surface area contributed by atoms with Crippen LogP contribution in [-0.2, 0) is 4.74 Å². The summed E-state index contributed by atoms with van der Waals surface area (Å²) in [6, 6.07) is 7.11. The molecule has 1 aromatic carbocycles. The van der Waals surface area contributed by atoms with Gasteiger partial charge in [0.2, 0.25) is 5.82 Å². The van der Waals surface area contributed by atoms with Crippen molar-refractivity contribution in [1.82, 2.24) is 19.6 Å². The van der Waals surface area contributed by atoms with Gasteiger partial charge in [-0.2, -0.15) is 14.6 Å². The number of para-hydroxylation sites is 1. The van der Waals surface area contributed by atoms with Gasteiger partial charge in [-0.1, -0.05) is 12.1 Å². The molecule has 0 N–H and O–H groups in total. The van der Waals surface area contributed by atoms with Gasteiger partial charge in [-0.25, -0.2) is 9.78 Å². The first-order chi connectivity index (χ1) is 10.1. The molecule has 2 aromatic heterocycles. The fourth-order valence-electron chi connectivity index (χ4n) is 2.04. The number of aromatic nitrogens is 4. The van der Waals surface area contributed by atoms with E-state index in [1.54, 1.807) is 31.2 Å². The monoisotopic (exact) mass is 284 g/mol. The van der Waals surface area contributed by atoms with Crippen LogP contribution in [0, 0.1) is 6.92 Å². The van der Waals surface area contributed by atoms with Crippen LogP contribution in [-0.4, -0.2) is 32.2 Å². The SMILES string of the molecule is CCOC(=O)c1nc2ccccc2c2nc(=O)c(C)nn12. The Kier molecular flexibility index (Phi) is 3.09. The Labute approximate surface area is 119 Å². The quantitative estimate of drug-likeness (QED) is 0.518. The molecule has 21 heavy (non-hydrogen) atoms. The van der Waals surface area contributed by atoms with Crippen LogP contribution in [0.15, 0.2) is 29.1 Å². The van der Waals surface area contributed by atoms with Gasteiger partial charge in [0.05, 0.1) is 12.1 Å². The van der Waals surface area contributed by atoms with Crippen LogP contribution < -0.4 is 5.56 Å². The molecule has 0 aliphatic carbocycles. The van der Waals surface area contributed by atoms with Crippen molar-refractivity contribution in [2.24, 2.45) is 0 Å². The first-order valence-corrected chi connectivity index (χ1v) is 6.45. The van der Waals surface area contributed by atoms with E-state index in [9.17, 15) is 9.59 Å². The molecule has 0 saturated heterocycles. The van der Waals surface area contributed by atoms with Crippen LogP contribution in [0.1, 0.15) is 23.2 Å². The van der Waals surface area contributed by atoms with Crippen LogP contribution in [0.2, 0.25) is 0 Å². The number of esters is 1. The number of carbonyl (C=O) groups is 1. The number of ether oxygens (including phenoxy) is 1. The molecule has 0 aliphatic rings. The number of carbonyl (C=O) groups excluding carboxylic acids is 1. The van der Waals surface area contributed by atoms with Crippen LogP contribution in [0.4, 0.5) is 0 Å². The Morgan fingerprint density at radius 1 is 1.29 bits per heavy atom. The third-order valence-corrected chi connectivity index (χ3v) is 3.00. The molecule has 2 heterocycles. The molecule has 0 saturated carbocycles. The minimum absolute atomic E-state index is 0.00106. The maximum absolute atomic E-state index is 12.0. The lowest BCUT2D eigenvalue weighted by atomic mass is 10.2. The molecule has 106 valence electrons.